The van der Waals surface area contributed by atoms with Crippen LogP contribution in [-0.2, 0) is 0 Å². The highest BCUT2D eigenvalue weighted by atomic mass is 32.1. The van der Waals surface area contributed by atoms with Crippen molar-refractivity contribution in [2.24, 2.45) is 0 Å². The van der Waals surface area contributed by atoms with E-state index in [4.69, 9.17) is 4.74 Å². The molecule has 2 fully saturated rings. The van der Waals surface area contributed by atoms with Gasteiger partial charge in [0.25, 0.3) is 11.8 Å². The van der Waals surface area contributed by atoms with E-state index in [0.29, 0.717) is 47.4 Å². The fourth-order valence-electron chi connectivity index (χ4n) is 4.49. The van der Waals surface area contributed by atoms with Gasteiger partial charge in [-0.25, -0.2) is 4.98 Å². The molecule has 0 unspecified atom stereocenters. The number of aromatic nitrogens is 2. The summed E-state index contributed by atoms with van der Waals surface area (Å²) in [7, 11) is 2.05. The molecule has 200 valence electrons. The van der Waals surface area contributed by atoms with Gasteiger partial charge in [0, 0.05) is 81.6 Å². The van der Waals surface area contributed by atoms with E-state index < -0.39 is 0 Å². The molecule has 1 aromatic carbocycles. The molecule has 0 radical (unpaired) electrons. The molecule has 11 heteroatoms. The van der Waals surface area contributed by atoms with E-state index in [1.165, 1.54) is 11.3 Å². The summed E-state index contributed by atoms with van der Waals surface area (Å²) in [6.07, 6.45) is 1.71. The van der Waals surface area contributed by atoms with Crippen molar-refractivity contribution >= 4 is 28.3 Å². The molecule has 2 aliphatic heterocycles. The second kappa shape index (κ2) is 12.4. The zero-order valence-electron chi connectivity index (χ0n) is 21.6. The van der Waals surface area contributed by atoms with E-state index in [0.717, 1.165) is 51.5 Å². The molecule has 0 saturated carbocycles. The average molecular weight is 536 g/mol. The summed E-state index contributed by atoms with van der Waals surface area (Å²) in [6, 6.07) is 10.7. The Morgan fingerprint density at radius 1 is 1.03 bits per heavy atom. The van der Waals surface area contributed by atoms with Gasteiger partial charge in [-0.2, -0.15) is 0 Å². The number of hydrogen-bond acceptors (Lipinski definition) is 9. The van der Waals surface area contributed by atoms with Crippen LogP contribution in [0.15, 0.2) is 48.0 Å². The van der Waals surface area contributed by atoms with Crippen LogP contribution in [0, 0.1) is 0 Å². The van der Waals surface area contributed by atoms with Gasteiger partial charge in [-0.15, -0.1) is 11.3 Å². The molecule has 2 saturated heterocycles. The monoisotopic (exact) mass is 535 g/mol. The van der Waals surface area contributed by atoms with Crippen LogP contribution >= 0.6 is 11.3 Å². The van der Waals surface area contributed by atoms with E-state index in [1.54, 1.807) is 24.4 Å². The number of rotatable bonds is 8. The summed E-state index contributed by atoms with van der Waals surface area (Å²) in [6.45, 7) is 8.12. The van der Waals surface area contributed by atoms with E-state index >= 15 is 0 Å². The third kappa shape index (κ3) is 6.73. The highest BCUT2D eigenvalue weighted by Crippen LogP contribution is 2.25. The predicted molar refractivity (Wildman–Crippen MR) is 148 cm³/mol. The zero-order valence-corrected chi connectivity index (χ0v) is 22.4. The molecule has 0 spiro atoms. The molecule has 0 bridgehead atoms. The minimum absolute atomic E-state index is 0.0913. The minimum Gasteiger partial charge on any atom is -0.492 e. The zero-order chi connectivity index (χ0) is 26.3. The van der Waals surface area contributed by atoms with E-state index in [1.807, 2.05) is 28.5 Å². The number of nitrogens with one attached hydrogen (secondary N) is 2. The lowest BCUT2D eigenvalue weighted by Crippen LogP contribution is -2.47. The Balaban J connectivity index is 1.32. The van der Waals surface area contributed by atoms with Crippen molar-refractivity contribution in [3.63, 3.8) is 0 Å². The topological polar surface area (TPSA) is 103 Å². The van der Waals surface area contributed by atoms with Crippen LogP contribution in [0.1, 0.15) is 20.7 Å². The predicted octanol–water partition coefficient (Wildman–Crippen LogP) is 2.13. The van der Waals surface area contributed by atoms with Crippen molar-refractivity contribution in [1.82, 2.24) is 30.0 Å². The Bertz CT molecular complexity index is 1240. The largest absolute Gasteiger partial charge is 0.492 e. The molecule has 10 nitrogen and oxygen atoms in total. The minimum atomic E-state index is -0.341. The van der Waals surface area contributed by atoms with Crippen molar-refractivity contribution in [2.75, 3.05) is 77.9 Å². The molecule has 2 aliphatic rings. The number of hydrogen-bond donors (Lipinski definition) is 2. The van der Waals surface area contributed by atoms with Crippen molar-refractivity contribution in [1.29, 1.82) is 0 Å². The molecule has 3 aromatic rings. The number of benzene rings is 1. The number of nitrogens with zero attached hydrogens (tertiary/aromatic N) is 5. The molecular weight excluding hydrogens is 502 g/mol. The number of thiazole rings is 1. The van der Waals surface area contributed by atoms with Gasteiger partial charge < -0.3 is 19.9 Å². The standard InChI is InChI=1S/C27H33N7O3S/c1-32-10-12-34(13-11-32)26(36)21-16-20(17-22(18-21)37-15-14-33-8-6-28-7-9-33)25(35)31-27-30-24(19-38-27)23-4-2-3-5-29-23/h2-5,16-19,28H,6-15H2,1H3,(H,30,31,35). The third-order valence-corrected chi connectivity index (χ3v) is 7.50. The van der Waals surface area contributed by atoms with Gasteiger partial charge in [-0.1, -0.05) is 6.07 Å². The van der Waals surface area contributed by atoms with Gasteiger partial charge in [0.1, 0.15) is 18.1 Å². The lowest BCUT2D eigenvalue weighted by Gasteiger charge is -2.32. The number of carbonyl (C=O) groups excluding carboxylic acids is 2. The molecule has 2 N–H and O–H groups in total. The highest BCUT2D eigenvalue weighted by Gasteiger charge is 2.23. The van der Waals surface area contributed by atoms with Gasteiger partial charge in [-0.3, -0.25) is 24.8 Å². The number of ether oxygens (including phenoxy) is 1. The maximum Gasteiger partial charge on any atom is 0.257 e. The number of likely N-dealkylation sites (N-methyl/N-ethyl adjacent to an activating group) is 1. The van der Waals surface area contributed by atoms with E-state index in [-0.39, 0.29) is 11.8 Å². The molecule has 5 rings (SSSR count). The third-order valence-electron chi connectivity index (χ3n) is 6.74. The SMILES string of the molecule is CN1CCN(C(=O)c2cc(OCCN3CCNCC3)cc(C(=O)Nc3nc(-c4ccccn4)cs3)c2)CC1. The van der Waals surface area contributed by atoms with Gasteiger partial charge >= 0.3 is 0 Å². The lowest BCUT2D eigenvalue weighted by atomic mass is 10.1. The van der Waals surface area contributed by atoms with Crippen LogP contribution in [0.3, 0.4) is 0 Å². The Kier molecular flexibility index (Phi) is 8.59. The average Bonchev–Trinajstić information content (AvgIpc) is 3.42. The fourth-order valence-corrected chi connectivity index (χ4v) is 5.19. The normalized spacial score (nSPS) is 16.8. The first kappa shape index (κ1) is 26.2. The number of carbonyl (C=O) groups is 2. The van der Waals surface area contributed by atoms with Crippen LogP contribution in [0.4, 0.5) is 5.13 Å². The summed E-state index contributed by atoms with van der Waals surface area (Å²) in [4.78, 5) is 41.8. The second-order valence-electron chi connectivity index (χ2n) is 9.49. The van der Waals surface area contributed by atoms with Crippen molar-refractivity contribution in [3.05, 3.63) is 59.1 Å². The summed E-state index contributed by atoms with van der Waals surface area (Å²) >= 11 is 1.33. The lowest BCUT2D eigenvalue weighted by molar-refractivity contribution is 0.0663. The van der Waals surface area contributed by atoms with E-state index in [2.05, 4.69) is 37.4 Å². The number of anilines is 1. The summed E-state index contributed by atoms with van der Waals surface area (Å²) < 4.78 is 6.06. The van der Waals surface area contributed by atoms with Crippen molar-refractivity contribution < 1.29 is 14.3 Å². The molecule has 2 amide bonds. The van der Waals surface area contributed by atoms with Crippen LogP contribution in [0.2, 0.25) is 0 Å². The molecule has 38 heavy (non-hydrogen) atoms. The van der Waals surface area contributed by atoms with Gasteiger partial charge in [-0.05, 0) is 37.4 Å². The Hall–Kier alpha value is -3.38. The van der Waals surface area contributed by atoms with Crippen LogP contribution in [-0.4, -0.2) is 109 Å². The summed E-state index contributed by atoms with van der Waals surface area (Å²) in [5.74, 6) is 0.0804. The quantitative estimate of drug-likeness (QED) is 0.452. The van der Waals surface area contributed by atoms with Gasteiger partial charge in [0.2, 0.25) is 0 Å². The maximum atomic E-state index is 13.4. The van der Waals surface area contributed by atoms with Crippen LogP contribution in [0.5, 0.6) is 5.75 Å². The Morgan fingerprint density at radius 3 is 2.58 bits per heavy atom. The molecular formula is C27H33N7O3S. The molecule has 0 atom stereocenters. The van der Waals surface area contributed by atoms with Crippen molar-refractivity contribution in [2.45, 2.75) is 0 Å². The first-order valence-electron chi connectivity index (χ1n) is 12.9. The Labute approximate surface area is 226 Å². The maximum absolute atomic E-state index is 13.4. The first-order chi connectivity index (χ1) is 18.5. The van der Waals surface area contributed by atoms with Crippen LogP contribution in [0.25, 0.3) is 11.4 Å². The molecule has 4 heterocycles. The smallest absolute Gasteiger partial charge is 0.257 e. The van der Waals surface area contributed by atoms with Crippen LogP contribution < -0.4 is 15.4 Å². The van der Waals surface area contributed by atoms with Gasteiger partial charge in [0.05, 0.1) is 5.69 Å². The summed E-state index contributed by atoms with van der Waals surface area (Å²) in [5, 5.41) is 8.54. The Morgan fingerprint density at radius 2 is 1.82 bits per heavy atom. The number of pyridine rings is 1. The number of piperazine rings is 2. The second-order valence-corrected chi connectivity index (χ2v) is 10.3. The fraction of sp³-hybridized carbons (Fsp3) is 0.407. The highest BCUT2D eigenvalue weighted by molar-refractivity contribution is 7.14. The van der Waals surface area contributed by atoms with Crippen molar-refractivity contribution in [3.8, 4) is 17.1 Å². The molecule has 2 aromatic heterocycles. The first-order valence-corrected chi connectivity index (χ1v) is 13.8. The summed E-state index contributed by atoms with van der Waals surface area (Å²) in [5.41, 5.74) is 2.25. The van der Waals surface area contributed by atoms with Gasteiger partial charge in [0.15, 0.2) is 5.13 Å². The molecule has 0 aliphatic carbocycles. The number of amides is 2. The van der Waals surface area contributed by atoms with E-state index in [9.17, 15) is 9.59 Å².